The number of aromatic amines is 1. The zero-order chi connectivity index (χ0) is 11.5. The van der Waals surface area contributed by atoms with Crippen LogP contribution in [0.15, 0.2) is 30.3 Å². The van der Waals surface area contributed by atoms with E-state index in [-0.39, 0.29) is 5.56 Å². The van der Waals surface area contributed by atoms with E-state index in [1.807, 2.05) is 6.92 Å². The van der Waals surface area contributed by atoms with Crippen LogP contribution in [-0.4, -0.2) is 21.3 Å². The van der Waals surface area contributed by atoms with Gasteiger partial charge in [0.2, 0.25) is 0 Å². The second kappa shape index (κ2) is 4.06. The van der Waals surface area contributed by atoms with Gasteiger partial charge in [-0.3, -0.25) is 5.10 Å². The van der Waals surface area contributed by atoms with E-state index < -0.39 is 5.97 Å². The second-order valence-corrected chi connectivity index (χ2v) is 3.40. The minimum absolute atomic E-state index is 0.231. The highest BCUT2D eigenvalue weighted by molar-refractivity contribution is 5.94. The van der Waals surface area contributed by atoms with Gasteiger partial charge < -0.3 is 10.4 Å². The van der Waals surface area contributed by atoms with Crippen LogP contribution < -0.4 is 5.32 Å². The molecular weight excluding hydrogens is 206 g/mol. The molecule has 0 unspecified atom stereocenters. The van der Waals surface area contributed by atoms with Crippen molar-refractivity contribution in [2.24, 2.45) is 0 Å². The molecule has 0 atom stereocenters. The summed E-state index contributed by atoms with van der Waals surface area (Å²) in [6, 6.07) is 8.52. The Bertz CT molecular complexity index is 519. The molecule has 16 heavy (non-hydrogen) atoms. The van der Waals surface area contributed by atoms with Crippen molar-refractivity contribution in [1.82, 2.24) is 10.2 Å². The van der Waals surface area contributed by atoms with Gasteiger partial charge in [-0.05, 0) is 19.1 Å². The number of nitrogens with zero attached hydrogens (tertiary/aromatic N) is 1. The summed E-state index contributed by atoms with van der Waals surface area (Å²) >= 11 is 0. The largest absolute Gasteiger partial charge is 0.478 e. The Morgan fingerprint density at radius 2 is 2.19 bits per heavy atom. The number of aromatic carboxylic acids is 1. The number of carbonyl (C=O) groups is 1. The molecule has 0 saturated heterocycles. The fourth-order valence-electron chi connectivity index (χ4n) is 1.41. The van der Waals surface area contributed by atoms with Gasteiger partial charge >= 0.3 is 5.97 Å². The number of benzene rings is 1. The summed E-state index contributed by atoms with van der Waals surface area (Å²) < 4.78 is 0. The van der Waals surface area contributed by atoms with Crippen LogP contribution in [0, 0.1) is 6.92 Å². The summed E-state index contributed by atoms with van der Waals surface area (Å²) in [5.74, 6) is -0.287. The first-order valence-corrected chi connectivity index (χ1v) is 4.78. The van der Waals surface area contributed by atoms with Crippen molar-refractivity contribution in [2.45, 2.75) is 6.92 Å². The molecule has 0 aliphatic rings. The molecule has 0 amide bonds. The van der Waals surface area contributed by atoms with Crippen molar-refractivity contribution in [3.8, 4) is 0 Å². The quantitative estimate of drug-likeness (QED) is 0.736. The Morgan fingerprint density at radius 1 is 1.44 bits per heavy atom. The third-order valence-electron chi connectivity index (χ3n) is 2.13. The average molecular weight is 217 g/mol. The van der Waals surface area contributed by atoms with E-state index >= 15 is 0 Å². The number of carboxylic acid groups (broad SMARTS) is 1. The molecule has 0 aliphatic carbocycles. The van der Waals surface area contributed by atoms with Crippen molar-refractivity contribution in [3.05, 3.63) is 41.6 Å². The zero-order valence-corrected chi connectivity index (χ0v) is 8.69. The molecule has 1 aromatic heterocycles. The van der Waals surface area contributed by atoms with Crippen molar-refractivity contribution in [1.29, 1.82) is 0 Å². The number of carboxylic acids is 1. The predicted octanol–water partition coefficient (Wildman–Crippen LogP) is 2.16. The fourth-order valence-corrected chi connectivity index (χ4v) is 1.41. The number of anilines is 2. The standard InChI is InChI=1S/C11H11N3O2/c1-7-6-10(14-13-7)12-9-5-3-2-4-8(9)11(15)16/h2-6H,1H3,(H,15,16)(H2,12,13,14). The number of H-pyrrole nitrogens is 1. The Labute approximate surface area is 92.1 Å². The molecule has 5 nitrogen and oxygen atoms in total. The normalized spacial score (nSPS) is 10.1. The number of hydrogen-bond acceptors (Lipinski definition) is 3. The Morgan fingerprint density at radius 3 is 2.81 bits per heavy atom. The molecule has 3 N–H and O–H groups in total. The number of aromatic nitrogens is 2. The van der Waals surface area contributed by atoms with Gasteiger partial charge in [-0.15, -0.1) is 0 Å². The number of aryl methyl sites for hydroxylation is 1. The summed E-state index contributed by atoms with van der Waals surface area (Å²) in [7, 11) is 0. The third-order valence-corrected chi connectivity index (χ3v) is 2.13. The van der Waals surface area contributed by atoms with E-state index in [2.05, 4.69) is 15.5 Å². The van der Waals surface area contributed by atoms with Crippen LogP contribution >= 0.6 is 0 Å². The van der Waals surface area contributed by atoms with Crippen LogP contribution in [0.3, 0.4) is 0 Å². The van der Waals surface area contributed by atoms with Gasteiger partial charge in [0.05, 0.1) is 16.9 Å². The Kier molecular flexibility index (Phi) is 2.59. The van der Waals surface area contributed by atoms with Gasteiger partial charge in [0, 0.05) is 6.07 Å². The van der Waals surface area contributed by atoms with E-state index in [0.29, 0.717) is 11.5 Å². The van der Waals surface area contributed by atoms with Gasteiger partial charge in [-0.1, -0.05) is 12.1 Å². The predicted molar refractivity (Wildman–Crippen MR) is 60.0 cm³/mol. The van der Waals surface area contributed by atoms with Crippen LogP contribution in [0.5, 0.6) is 0 Å². The molecule has 82 valence electrons. The zero-order valence-electron chi connectivity index (χ0n) is 8.69. The molecule has 0 fully saturated rings. The van der Waals surface area contributed by atoms with Gasteiger partial charge in [0.1, 0.15) is 5.82 Å². The Balaban J connectivity index is 2.31. The van der Waals surface area contributed by atoms with E-state index in [4.69, 9.17) is 5.11 Å². The first-order valence-electron chi connectivity index (χ1n) is 4.78. The minimum atomic E-state index is -0.959. The monoisotopic (exact) mass is 217 g/mol. The van der Waals surface area contributed by atoms with E-state index in [9.17, 15) is 4.79 Å². The summed E-state index contributed by atoms with van der Waals surface area (Å²) in [5.41, 5.74) is 1.61. The number of para-hydroxylation sites is 1. The van der Waals surface area contributed by atoms with Crippen LogP contribution in [0.4, 0.5) is 11.5 Å². The average Bonchev–Trinajstić information content (AvgIpc) is 2.64. The van der Waals surface area contributed by atoms with Crippen LogP contribution in [0.25, 0.3) is 0 Å². The SMILES string of the molecule is Cc1cc(Nc2ccccc2C(=O)O)[nH]n1. The van der Waals surface area contributed by atoms with Crippen LogP contribution in [0.1, 0.15) is 16.1 Å². The maximum atomic E-state index is 11.0. The second-order valence-electron chi connectivity index (χ2n) is 3.40. The summed E-state index contributed by atoms with van der Waals surface area (Å²) in [6.07, 6.45) is 0. The summed E-state index contributed by atoms with van der Waals surface area (Å²) in [6.45, 7) is 1.85. The van der Waals surface area contributed by atoms with Crippen LogP contribution in [-0.2, 0) is 0 Å². The highest BCUT2D eigenvalue weighted by Gasteiger charge is 2.09. The molecular formula is C11H11N3O2. The van der Waals surface area contributed by atoms with E-state index in [0.717, 1.165) is 5.69 Å². The molecule has 5 heteroatoms. The summed E-state index contributed by atoms with van der Waals surface area (Å²) in [5, 5.41) is 18.7. The first kappa shape index (κ1) is 10.2. The van der Waals surface area contributed by atoms with Gasteiger partial charge in [-0.2, -0.15) is 5.10 Å². The van der Waals surface area contributed by atoms with Gasteiger partial charge in [0.25, 0.3) is 0 Å². The van der Waals surface area contributed by atoms with E-state index in [1.54, 1.807) is 30.3 Å². The molecule has 1 aromatic carbocycles. The van der Waals surface area contributed by atoms with Crippen molar-refractivity contribution >= 4 is 17.5 Å². The Hall–Kier alpha value is -2.30. The van der Waals surface area contributed by atoms with Gasteiger partial charge in [0.15, 0.2) is 0 Å². The third kappa shape index (κ3) is 2.03. The number of nitrogens with one attached hydrogen (secondary N) is 2. The lowest BCUT2D eigenvalue weighted by molar-refractivity contribution is 0.0698. The lowest BCUT2D eigenvalue weighted by Crippen LogP contribution is -2.02. The molecule has 0 spiro atoms. The number of rotatable bonds is 3. The van der Waals surface area contributed by atoms with Crippen molar-refractivity contribution in [2.75, 3.05) is 5.32 Å². The van der Waals surface area contributed by atoms with E-state index in [1.165, 1.54) is 0 Å². The lowest BCUT2D eigenvalue weighted by Gasteiger charge is -2.06. The molecule has 2 aromatic rings. The lowest BCUT2D eigenvalue weighted by atomic mass is 10.2. The summed E-state index contributed by atoms with van der Waals surface area (Å²) in [4.78, 5) is 11.0. The molecule has 2 rings (SSSR count). The number of hydrogen-bond donors (Lipinski definition) is 3. The topological polar surface area (TPSA) is 78.0 Å². The highest BCUT2D eigenvalue weighted by Crippen LogP contribution is 2.19. The maximum absolute atomic E-state index is 11.0. The smallest absolute Gasteiger partial charge is 0.337 e. The van der Waals surface area contributed by atoms with Crippen LogP contribution in [0.2, 0.25) is 0 Å². The first-order chi connectivity index (χ1) is 7.66. The molecule has 0 saturated carbocycles. The highest BCUT2D eigenvalue weighted by atomic mass is 16.4. The van der Waals surface area contributed by atoms with Gasteiger partial charge in [-0.25, -0.2) is 4.79 Å². The molecule has 0 aliphatic heterocycles. The molecule has 0 radical (unpaired) electrons. The van der Waals surface area contributed by atoms with Crippen molar-refractivity contribution in [3.63, 3.8) is 0 Å². The molecule has 0 bridgehead atoms. The fraction of sp³-hybridized carbons (Fsp3) is 0.0909. The molecule has 1 heterocycles. The van der Waals surface area contributed by atoms with Crippen molar-refractivity contribution < 1.29 is 9.90 Å². The minimum Gasteiger partial charge on any atom is -0.478 e. The maximum Gasteiger partial charge on any atom is 0.337 e.